The molecule has 2 aromatic heterocycles. The maximum Gasteiger partial charge on any atom is 0.232 e. The highest BCUT2D eigenvalue weighted by Crippen LogP contribution is 2.23. The third-order valence-corrected chi connectivity index (χ3v) is 6.45. The largest absolute Gasteiger partial charge is 0.378 e. The molecule has 0 bridgehead atoms. The number of rotatable bonds is 7. The van der Waals surface area contributed by atoms with E-state index < -0.39 is 0 Å². The molecule has 2 aliphatic rings. The van der Waals surface area contributed by atoms with Crippen LogP contribution in [0.1, 0.15) is 18.9 Å². The lowest BCUT2D eigenvalue weighted by Crippen LogP contribution is -2.40. The third kappa shape index (κ3) is 5.48. The fraction of sp³-hybridized carbons (Fsp3) is 0.500. The average molecular weight is 484 g/mol. The van der Waals surface area contributed by atoms with Crippen molar-refractivity contribution < 1.29 is 9.47 Å². The number of morpholine rings is 2. The van der Waals surface area contributed by atoms with Gasteiger partial charge in [-0.05, 0) is 43.5 Å². The molecular formula is C24H30ClN7O2. The number of aryl methyl sites for hydroxylation is 1. The average Bonchev–Trinajstić information content (AvgIpc) is 2.88. The van der Waals surface area contributed by atoms with Crippen LogP contribution in [0, 0.1) is 0 Å². The van der Waals surface area contributed by atoms with Gasteiger partial charge in [0.1, 0.15) is 0 Å². The first-order valence-electron chi connectivity index (χ1n) is 11.9. The molecule has 1 unspecified atom stereocenters. The van der Waals surface area contributed by atoms with Crippen LogP contribution in [0.2, 0.25) is 5.02 Å². The fourth-order valence-corrected chi connectivity index (χ4v) is 4.46. The van der Waals surface area contributed by atoms with E-state index in [1.807, 2.05) is 24.4 Å². The first-order valence-corrected chi connectivity index (χ1v) is 12.2. The zero-order chi connectivity index (χ0) is 23.3. The highest BCUT2D eigenvalue weighted by Gasteiger charge is 2.21. The van der Waals surface area contributed by atoms with E-state index in [0.717, 1.165) is 49.9 Å². The van der Waals surface area contributed by atoms with Gasteiger partial charge in [-0.3, -0.25) is 4.98 Å². The maximum atomic E-state index is 6.14. The quantitative estimate of drug-likeness (QED) is 0.544. The minimum Gasteiger partial charge on any atom is -0.378 e. The van der Waals surface area contributed by atoms with Gasteiger partial charge in [0, 0.05) is 48.8 Å². The lowest BCUT2D eigenvalue weighted by molar-refractivity contribution is 0.121. The van der Waals surface area contributed by atoms with Gasteiger partial charge < -0.3 is 24.6 Å². The van der Waals surface area contributed by atoms with E-state index in [4.69, 9.17) is 36.0 Å². The summed E-state index contributed by atoms with van der Waals surface area (Å²) < 4.78 is 11.0. The Hall–Kier alpha value is -2.75. The van der Waals surface area contributed by atoms with Crippen LogP contribution in [0.3, 0.4) is 0 Å². The highest BCUT2D eigenvalue weighted by atomic mass is 35.5. The van der Waals surface area contributed by atoms with Gasteiger partial charge in [0.15, 0.2) is 0 Å². The van der Waals surface area contributed by atoms with Crippen molar-refractivity contribution in [3.63, 3.8) is 0 Å². The van der Waals surface area contributed by atoms with Crippen molar-refractivity contribution in [3.8, 4) is 0 Å². The molecule has 0 amide bonds. The Balaban J connectivity index is 1.31. The molecule has 2 aliphatic heterocycles. The lowest BCUT2D eigenvalue weighted by Gasteiger charge is -2.30. The second-order valence-electron chi connectivity index (χ2n) is 8.67. The minimum atomic E-state index is 0.174. The van der Waals surface area contributed by atoms with Gasteiger partial charge in [0.2, 0.25) is 17.8 Å². The number of nitrogens with one attached hydrogen (secondary N) is 1. The van der Waals surface area contributed by atoms with Crippen molar-refractivity contribution >= 4 is 40.3 Å². The molecule has 2 saturated heterocycles. The SMILES string of the molecule is CC(CCc1ccnc2cc(Cl)ccc12)Nc1nc(N2CCOCC2)nc(N2CCOCC2)n1. The Morgan fingerprint density at radius 2 is 1.59 bits per heavy atom. The van der Waals surface area contributed by atoms with Gasteiger partial charge in [-0.15, -0.1) is 0 Å². The van der Waals surface area contributed by atoms with E-state index in [-0.39, 0.29) is 6.04 Å². The van der Waals surface area contributed by atoms with Crippen LogP contribution in [0.5, 0.6) is 0 Å². The van der Waals surface area contributed by atoms with Crippen LogP contribution >= 0.6 is 11.6 Å². The van der Waals surface area contributed by atoms with E-state index in [1.165, 1.54) is 5.56 Å². The van der Waals surface area contributed by atoms with Crippen molar-refractivity contribution in [3.05, 3.63) is 41.0 Å². The summed E-state index contributed by atoms with van der Waals surface area (Å²) in [6.45, 7) is 8.01. The Labute approximate surface area is 204 Å². The summed E-state index contributed by atoms with van der Waals surface area (Å²) in [5, 5.41) is 5.36. The van der Waals surface area contributed by atoms with Gasteiger partial charge in [-0.25, -0.2) is 0 Å². The zero-order valence-electron chi connectivity index (χ0n) is 19.4. The molecule has 9 nitrogen and oxygen atoms in total. The van der Waals surface area contributed by atoms with Crippen molar-refractivity contribution in [2.75, 3.05) is 67.7 Å². The van der Waals surface area contributed by atoms with Crippen LogP contribution in [-0.2, 0) is 15.9 Å². The summed E-state index contributed by atoms with van der Waals surface area (Å²) in [5.74, 6) is 2.01. The molecule has 0 spiro atoms. The molecule has 1 aromatic carbocycles. The molecule has 180 valence electrons. The predicted molar refractivity (Wildman–Crippen MR) is 134 cm³/mol. The highest BCUT2D eigenvalue weighted by molar-refractivity contribution is 6.31. The third-order valence-electron chi connectivity index (χ3n) is 6.22. The van der Waals surface area contributed by atoms with E-state index in [0.29, 0.717) is 49.3 Å². The molecule has 1 atom stereocenters. The number of nitrogens with zero attached hydrogens (tertiary/aromatic N) is 6. The van der Waals surface area contributed by atoms with E-state index in [9.17, 15) is 0 Å². The fourth-order valence-electron chi connectivity index (χ4n) is 4.29. The molecule has 2 fully saturated rings. The second kappa shape index (κ2) is 10.7. The standard InChI is InChI=1S/C24H30ClN7O2/c1-17(2-3-18-6-7-26-21-16-19(25)4-5-20(18)21)27-22-28-23(31-8-12-33-13-9-31)30-24(29-22)32-10-14-34-15-11-32/h4-7,16-17H,2-3,8-15H2,1H3,(H,27,28,29,30). The number of aromatic nitrogens is 4. The zero-order valence-corrected chi connectivity index (χ0v) is 20.2. The van der Waals surface area contributed by atoms with Crippen molar-refractivity contribution in [1.82, 2.24) is 19.9 Å². The Kier molecular flexibility index (Phi) is 7.22. The number of fused-ring (bicyclic) bond motifs is 1. The van der Waals surface area contributed by atoms with Crippen molar-refractivity contribution in [1.29, 1.82) is 0 Å². The number of benzene rings is 1. The predicted octanol–water partition coefficient (Wildman–Crippen LogP) is 3.18. The van der Waals surface area contributed by atoms with Crippen LogP contribution in [0.15, 0.2) is 30.5 Å². The smallest absolute Gasteiger partial charge is 0.232 e. The molecule has 34 heavy (non-hydrogen) atoms. The molecular weight excluding hydrogens is 454 g/mol. The normalized spacial score (nSPS) is 17.7. The number of anilines is 3. The Morgan fingerprint density at radius 3 is 2.24 bits per heavy atom. The second-order valence-corrected chi connectivity index (χ2v) is 9.11. The molecule has 1 N–H and O–H groups in total. The lowest BCUT2D eigenvalue weighted by atomic mass is 10.0. The molecule has 0 aliphatic carbocycles. The van der Waals surface area contributed by atoms with Crippen molar-refractivity contribution in [2.24, 2.45) is 0 Å². The van der Waals surface area contributed by atoms with Gasteiger partial charge in [0.05, 0.1) is 31.9 Å². The Bertz CT molecular complexity index is 1080. The monoisotopic (exact) mass is 483 g/mol. The number of hydrogen-bond acceptors (Lipinski definition) is 9. The summed E-state index contributed by atoms with van der Waals surface area (Å²) >= 11 is 6.14. The summed E-state index contributed by atoms with van der Waals surface area (Å²) in [4.78, 5) is 23.1. The summed E-state index contributed by atoms with van der Waals surface area (Å²) in [5.41, 5.74) is 2.18. The number of halogens is 1. The van der Waals surface area contributed by atoms with Gasteiger partial charge >= 0.3 is 0 Å². The molecule has 5 rings (SSSR count). The van der Waals surface area contributed by atoms with Crippen molar-refractivity contribution in [2.45, 2.75) is 25.8 Å². The molecule has 0 radical (unpaired) electrons. The molecule has 4 heterocycles. The summed E-state index contributed by atoms with van der Waals surface area (Å²) in [7, 11) is 0. The number of hydrogen-bond donors (Lipinski definition) is 1. The van der Waals surface area contributed by atoms with E-state index in [1.54, 1.807) is 0 Å². The molecule has 10 heteroatoms. The first-order chi connectivity index (χ1) is 16.7. The van der Waals surface area contributed by atoms with Gasteiger partial charge in [-0.2, -0.15) is 15.0 Å². The van der Waals surface area contributed by atoms with Crippen LogP contribution in [0.4, 0.5) is 17.8 Å². The molecule has 3 aromatic rings. The van der Waals surface area contributed by atoms with Crippen LogP contribution < -0.4 is 15.1 Å². The summed E-state index contributed by atoms with van der Waals surface area (Å²) in [6.07, 6.45) is 3.68. The summed E-state index contributed by atoms with van der Waals surface area (Å²) in [6, 6.07) is 8.13. The van der Waals surface area contributed by atoms with Crippen LogP contribution in [-0.4, -0.2) is 78.6 Å². The first kappa shape index (κ1) is 23.0. The van der Waals surface area contributed by atoms with Gasteiger partial charge in [-0.1, -0.05) is 17.7 Å². The van der Waals surface area contributed by atoms with Crippen LogP contribution in [0.25, 0.3) is 10.9 Å². The topological polar surface area (TPSA) is 88.5 Å². The number of ether oxygens (including phenoxy) is 2. The van der Waals surface area contributed by atoms with E-state index >= 15 is 0 Å². The van der Waals surface area contributed by atoms with E-state index in [2.05, 4.69) is 33.1 Å². The van der Waals surface area contributed by atoms with Gasteiger partial charge in [0.25, 0.3) is 0 Å². The maximum absolute atomic E-state index is 6.14. The minimum absolute atomic E-state index is 0.174. The number of pyridine rings is 1. The Morgan fingerprint density at radius 1 is 0.941 bits per heavy atom. The molecule has 0 saturated carbocycles.